The minimum atomic E-state index is -0.0514. The molecule has 1 fully saturated rings. The van der Waals surface area contributed by atoms with Crippen molar-refractivity contribution >= 4 is 11.7 Å². The number of carbonyl (C=O) groups excluding carboxylic acids is 1. The van der Waals surface area contributed by atoms with Crippen LogP contribution in [0.5, 0.6) is 0 Å². The van der Waals surface area contributed by atoms with Gasteiger partial charge in [-0.25, -0.2) is 4.79 Å². The molecule has 0 bridgehead atoms. The third-order valence-electron chi connectivity index (χ3n) is 4.54. The molecule has 1 aliphatic heterocycles. The Morgan fingerprint density at radius 3 is 2.91 bits per heavy atom. The molecule has 0 unspecified atom stereocenters. The number of urea groups is 1. The zero-order chi connectivity index (χ0) is 16.4. The fourth-order valence-corrected chi connectivity index (χ4v) is 3.32. The van der Waals surface area contributed by atoms with Gasteiger partial charge in [-0.05, 0) is 38.3 Å². The van der Waals surface area contributed by atoms with Gasteiger partial charge in [0.25, 0.3) is 0 Å². The summed E-state index contributed by atoms with van der Waals surface area (Å²) in [5.41, 5.74) is 3.90. The number of para-hydroxylation sites is 1. The van der Waals surface area contributed by atoms with Gasteiger partial charge in [0.15, 0.2) is 0 Å². The number of aryl methyl sites for hydroxylation is 3. The Morgan fingerprint density at radius 2 is 2.17 bits per heavy atom. The summed E-state index contributed by atoms with van der Waals surface area (Å²) in [6.45, 7) is 6.76. The number of nitrogens with one attached hydrogen (secondary N) is 1. The highest BCUT2D eigenvalue weighted by Crippen LogP contribution is 2.36. The van der Waals surface area contributed by atoms with E-state index in [1.165, 1.54) is 0 Å². The lowest BCUT2D eigenvalue weighted by molar-refractivity contribution is 0.206. The maximum atomic E-state index is 12.7. The summed E-state index contributed by atoms with van der Waals surface area (Å²) < 4.78 is 5.41. The van der Waals surface area contributed by atoms with Crippen molar-refractivity contribution < 1.29 is 9.32 Å². The van der Waals surface area contributed by atoms with E-state index in [-0.39, 0.29) is 12.1 Å². The van der Waals surface area contributed by atoms with Crippen LogP contribution in [0.4, 0.5) is 10.5 Å². The van der Waals surface area contributed by atoms with E-state index >= 15 is 0 Å². The lowest BCUT2D eigenvalue weighted by atomic mass is 10.0. The number of rotatable bonds is 3. The van der Waals surface area contributed by atoms with E-state index in [0.717, 1.165) is 54.1 Å². The second-order valence-corrected chi connectivity index (χ2v) is 6.05. The number of amides is 2. The van der Waals surface area contributed by atoms with Gasteiger partial charge in [0.1, 0.15) is 5.76 Å². The second kappa shape index (κ2) is 6.44. The van der Waals surface area contributed by atoms with E-state index in [4.69, 9.17) is 4.52 Å². The largest absolute Gasteiger partial charge is 0.361 e. The first-order valence-electron chi connectivity index (χ1n) is 8.20. The minimum Gasteiger partial charge on any atom is -0.361 e. The van der Waals surface area contributed by atoms with Crippen LogP contribution in [0.15, 0.2) is 28.8 Å². The normalized spacial score (nSPS) is 17.5. The zero-order valence-corrected chi connectivity index (χ0v) is 13.9. The van der Waals surface area contributed by atoms with Crippen molar-refractivity contribution in [3.8, 4) is 0 Å². The lowest BCUT2D eigenvalue weighted by Crippen LogP contribution is -2.35. The third-order valence-corrected chi connectivity index (χ3v) is 4.54. The highest BCUT2D eigenvalue weighted by atomic mass is 16.5. The van der Waals surface area contributed by atoms with Crippen LogP contribution in [0, 0.1) is 13.8 Å². The van der Waals surface area contributed by atoms with Gasteiger partial charge in [-0.15, -0.1) is 0 Å². The maximum Gasteiger partial charge on any atom is 0.322 e. The average Bonchev–Trinajstić information content (AvgIpc) is 3.15. The quantitative estimate of drug-likeness (QED) is 0.923. The molecule has 122 valence electrons. The van der Waals surface area contributed by atoms with Gasteiger partial charge in [0.05, 0.1) is 11.7 Å². The molecule has 1 aliphatic rings. The number of hydrogen-bond acceptors (Lipinski definition) is 3. The highest BCUT2D eigenvalue weighted by Gasteiger charge is 2.34. The van der Waals surface area contributed by atoms with Crippen molar-refractivity contribution in [2.75, 3.05) is 11.9 Å². The van der Waals surface area contributed by atoms with Gasteiger partial charge in [0, 0.05) is 24.2 Å². The van der Waals surface area contributed by atoms with E-state index in [1.54, 1.807) is 0 Å². The average molecular weight is 313 g/mol. The molecule has 5 nitrogen and oxygen atoms in total. The number of carbonyl (C=O) groups is 1. The zero-order valence-electron chi connectivity index (χ0n) is 13.9. The van der Waals surface area contributed by atoms with E-state index in [2.05, 4.69) is 17.4 Å². The molecule has 1 N–H and O–H groups in total. The summed E-state index contributed by atoms with van der Waals surface area (Å²) in [6, 6.07) is 7.84. The van der Waals surface area contributed by atoms with Crippen molar-refractivity contribution in [2.24, 2.45) is 0 Å². The van der Waals surface area contributed by atoms with Crippen LogP contribution >= 0.6 is 0 Å². The number of likely N-dealkylation sites (tertiary alicyclic amines) is 1. The van der Waals surface area contributed by atoms with Crippen molar-refractivity contribution in [1.82, 2.24) is 10.1 Å². The topological polar surface area (TPSA) is 58.4 Å². The first kappa shape index (κ1) is 15.6. The molecule has 0 saturated carbocycles. The standard InChI is InChI=1S/C18H23N3O2/c1-4-16-17(13(3)20-23-16)15-10-7-11-21(15)18(22)19-14-9-6-5-8-12(14)2/h5-6,8-9,15H,4,7,10-11H2,1-3H3,(H,19,22)/t15-/m1/s1. The van der Waals surface area contributed by atoms with E-state index in [9.17, 15) is 4.79 Å². The second-order valence-electron chi connectivity index (χ2n) is 6.05. The number of benzene rings is 1. The van der Waals surface area contributed by atoms with Crippen molar-refractivity contribution in [1.29, 1.82) is 0 Å². The van der Waals surface area contributed by atoms with E-state index < -0.39 is 0 Å². The van der Waals surface area contributed by atoms with Crippen molar-refractivity contribution in [3.63, 3.8) is 0 Å². The van der Waals surface area contributed by atoms with Gasteiger partial charge in [-0.2, -0.15) is 0 Å². The molecule has 1 aromatic heterocycles. The molecule has 0 radical (unpaired) electrons. The highest BCUT2D eigenvalue weighted by molar-refractivity contribution is 5.90. The number of aromatic nitrogens is 1. The predicted octanol–water partition coefficient (Wildman–Crippen LogP) is 4.22. The van der Waals surface area contributed by atoms with Gasteiger partial charge >= 0.3 is 6.03 Å². The molecule has 0 aliphatic carbocycles. The van der Waals surface area contributed by atoms with Crippen LogP contribution in [0.25, 0.3) is 0 Å². The monoisotopic (exact) mass is 313 g/mol. The Labute approximate surface area is 136 Å². The van der Waals surface area contributed by atoms with E-state index in [1.807, 2.05) is 43.0 Å². The molecule has 23 heavy (non-hydrogen) atoms. The van der Waals surface area contributed by atoms with Gasteiger partial charge < -0.3 is 14.7 Å². The van der Waals surface area contributed by atoms with Gasteiger partial charge in [0.2, 0.25) is 0 Å². The van der Waals surface area contributed by atoms with Crippen LogP contribution in [-0.2, 0) is 6.42 Å². The Bertz CT molecular complexity index is 708. The first-order chi connectivity index (χ1) is 11.1. The number of anilines is 1. The van der Waals surface area contributed by atoms with Crippen LogP contribution in [0.2, 0.25) is 0 Å². The van der Waals surface area contributed by atoms with Gasteiger partial charge in [-0.1, -0.05) is 30.3 Å². The molecular weight excluding hydrogens is 290 g/mol. The molecule has 2 heterocycles. The smallest absolute Gasteiger partial charge is 0.322 e. The Morgan fingerprint density at radius 1 is 1.39 bits per heavy atom. The Balaban J connectivity index is 1.83. The van der Waals surface area contributed by atoms with Gasteiger partial charge in [-0.3, -0.25) is 0 Å². The molecule has 1 atom stereocenters. The van der Waals surface area contributed by atoms with Crippen molar-refractivity contribution in [2.45, 2.75) is 46.1 Å². The molecule has 1 aromatic carbocycles. The van der Waals surface area contributed by atoms with Crippen LogP contribution in [0.1, 0.15) is 48.4 Å². The van der Waals surface area contributed by atoms with Crippen LogP contribution in [-0.4, -0.2) is 22.6 Å². The summed E-state index contributed by atoms with van der Waals surface area (Å²) in [5.74, 6) is 0.892. The minimum absolute atomic E-state index is 0.0514. The molecule has 2 aromatic rings. The number of hydrogen-bond donors (Lipinski definition) is 1. The first-order valence-corrected chi connectivity index (χ1v) is 8.20. The summed E-state index contributed by atoms with van der Waals surface area (Å²) in [7, 11) is 0. The summed E-state index contributed by atoms with van der Waals surface area (Å²) >= 11 is 0. The van der Waals surface area contributed by atoms with Crippen LogP contribution < -0.4 is 5.32 Å². The molecule has 3 rings (SSSR count). The summed E-state index contributed by atoms with van der Waals surface area (Å²) in [5, 5.41) is 7.13. The molecule has 5 heteroatoms. The van der Waals surface area contributed by atoms with E-state index in [0.29, 0.717) is 0 Å². The lowest BCUT2D eigenvalue weighted by Gasteiger charge is -2.25. The Kier molecular flexibility index (Phi) is 4.37. The molecule has 2 amide bonds. The summed E-state index contributed by atoms with van der Waals surface area (Å²) in [4.78, 5) is 14.7. The third kappa shape index (κ3) is 2.96. The SMILES string of the molecule is CCc1onc(C)c1[C@H]1CCCN1C(=O)Nc1ccccc1C. The fraction of sp³-hybridized carbons (Fsp3) is 0.444. The fourth-order valence-electron chi connectivity index (χ4n) is 3.32. The van der Waals surface area contributed by atoms with Crippen molar-refractivity contribution in [3.05, 3.63) is 46.8 Å². The maximum absolute atomic E-state index is 12.7. The molecule has 0 spiro atoms. The predicted molar refractivity (Wildman–Crippen MR) is 89.5 cm³/mol. The number of nitrogens with zero attached hydrogens (tertiary/aromatic N) is 2. The Hall–Kier alpha value is -2.30. The summed E-state index contributed by atoms with van der Waals surface area (Å²) in [6.07, 6.45) is 2.75. The molecule has 1 saturated heterocycles. The van der Waals surface area contributed by atoms with Crippen LogP contribution in [0.3, 0.4) is 0 Å². The molecular formula is C18H23N3O2.